The average molecular weight is 336 g/mol. The minimum absolute atomic E-state index is 0.00536. The first-order chi connectivity index (χ1) is 12.1. The van der Waals surface area contributed by atoms with E-state index >= 15 is 0 Å². The first-order valence-corrected chi connectivity index (χ1v) is 7.61. The number of hydrogen-bond donors (Lipinski definition) is 3. The van der Waals surface area contributed by atoms with Gasteiger partial charge >= 0.3 is 0 Å². The van der Waals surface area contributed by atoms with Crippen molar-refractivity contribution < 1.29 is 5.11 Å². The van der Waals surface area contributed by atoms with E-state index in [1.165, 1.54) is 4.68 Å². The molecule has 0 bridgehead atoms. The molecule has 0 unspecified atom stereocenters. The maximum Gasteiger partial charge on any atom is 0.277 e. The Morgan fingerprint density at radius 2 is 2.04 bits per heavy atom. The average Bonchev–Trinajstić information content (AvgIpc) is 2.90. The normalized spacial score (nSPS) is 10.6. The Bertz CT molecular complexity index is 1010. The fraction of sp³-hybridized carbons (Fsp3) is 0.176. The number of aliphatic hydroxyl groups is 1. The van der Waals surface area contributed by atoms with Crippen molar-refractivity contribution in [1.82, 2.24) is 19.7 Å². The van der Waals surface area contributed by atoms with E-state index in [0.717, 1.165) is 0 Å². The van der Waals surface area contributed by atoms with Gasteiger partial charge in [-0.2, -0.15) is 14.9 Å². The predicted octanol–water partition coefficient (Wildman–Crippen LogP) is 0.920. The van der Waals surface area contributed by atoms with E-state index in [0.29, 0.717) is 22.5 Å². The smallest absolute Gasteiger partial charge is 0.277 e. The van der Waals surface area contributed by atoms with Crippen molar-refractivity contribution in [3.8, 4) is 23.3 Å². The Labute approximate surface area is 143 Å². The number of aromatic amines is 1. The van der Waals surface area contributed by atoms with E-state index in [1.807, 2.05) is 24.3 Å². The molecule has 0 radical (unpaired) electrons. The summed E-state index contributed by atoms with van der Waals surface area (Å²) in [6.07, 6.45) is 0.228. The number of nitriles is 1. The quantitative estimate of drug-likeness (QED) is 0.648. The second-order valence-corrected chi connectivity index (χ2v) is 5.44. The molecule has 0 aliphatic rings. The van der Waals surface area contributed by atoms with Gasteiger partial charge in [-0.3, -0.25) is 9.89 Å². The molecule has 2 heterocycles. The summed E-state index contributed by atoms with van der Waals surface area (Å²) in [6.45, 7) is 1.59. The van der Waals surface area contributed by atoms with E-state index < -0.39 is 0 Å². The van der Waals surface area contributed by atoms with Crippen LogP contribution in [0.2, 0.25) is 0 Å². The molecule has 3 rings (SSSR count). The van der Waals surface area contributed by atoms with Crippen molar-refractivity contribution in [2.45, 2.75) is 13.3 Å². The number of aliphatic hydroxyl groups excluding tert-OH is 1. The highest BCUT2D eigenvalue weighted by Gasteiger charge is 2.18. The number of aryl methyl sites for hydroxylation is 1. The molecule has 0 aliphatic heterocycles. The molecule has 126 valence electrons. The molecule has 4 N–H and O–H groups in total. The van der Waals surface area contributed by atoms with Gasteiger partial charge in [0.05, 0.1) is 5.69 Å². The number of anilines is 1. The van der Waals surface area contributed by atoms with E-state index in [-0.39, 0.29) is 35.9 Å². The maximum atomic E-state index is 12.5. The molecule has 8 heteroatoms. The van der Waals surface area contributed by atoms with Crippen molar-refractivity contribution >= 4 is 5.82 Å². The fourth-order valence-electron chi connectivity index (χ4n) is 2.61. The maximum absolute atomic E-state index is 12.5. The van der Waals surface area contributed by atoms with Crippen molar-refractivity contribution in [1.29, 1.82) is 5.26 Å². The summed E-state index contributed by atoms with van der Waals surface area (Å²) in [5, 5.41) is 21.4. The Kier molecular flexibility index (Phi) is 4.33. The third-order valence-electron chi connectivity index (χ3n) is 3.84. The molecule has 0 saturated heterocycles. The van der Waals surface area contributed by atoms with Crippen LogP contribution < -0.4 is 11.3 Å². The third-order valence-corrected chi connectivity index (χ3v) is 3.84. The minimum atomic E-state index is -0.352. The number of H-pyrrole nitrogens is 1. The highest BCUT2D eigenvalue weighted by Crippen LogP contribution is 2.25. The highest BCUT2D eigenvalue weighted by atomic mass is 16.3. The van der Waals surface area contributed by atoms with Crippen LogP contribution in [0, 0.1) is 18.3 Å². The van der Waals surface area contributed by atoms with E-state index in [4.69, 9.17) is 10.8 Å². The van der Waals surface area contributed by atoms with Crippen LogP contribution in [-0.4, -0.2) is 31.5 Å². The lowest BCUT2D eigenvalue weighted by Gasteiger charge is -2.08. The number of nitrogens with one attached hydrogen (secondary N) is 1. The summed E-state index contributed by atoms with van der Waals surface area (Å²) in [7, 11) is 0. The second-order valence-electron chi connectivity index (χ2n) is 5.44. The van der Waals surface area contributed by atoms with E-state index in [2.05, 4.69) is 15.1 Å². The fourth-order valence-corrected chi connectivity index (χ4v) is 2.61. The lowest BCUT2D eigenvalue weighted by Crippen LogP contribution is -2.21. The largest absolute Gasteiger partial charge is 0.396 e. The molecule has 0 fully saturated rings. The number of rotatable bonds is 4. The first kappa shape index (κ1) is 16.4. The summed E-state index contributed by atoms with van der Waals surface area (Å²) >= 11 is 0. The van der Waals surface area contributed by atoms with Gasteiger partial charge in [-0.25, -0.2) is 4.98 Å². The van der Waals surface area contributed by atoms with E-state index in [9.17, 15) is 10.1 Å². The van der Waals surface area contributed by atoms with Crippen LogP contribution >= 0.6 is 0 Å². The lowest BCUT2D eigenvalue weighted by atomic mass is 10.1. The standard InChI is InChI=1S/C17H16N6O2/c1-10-12(7-8-24)16(25)23(22-10)17-20-14(11-5-3-2-4-6-11)13(9-18)15(19)21-17/h2-6,22,24H,7-8H2,1H3,(H2,19,20,21). The molecule has 8 nitrogen and oxygen atoms in total. The zero-order valence-electron chi connectivity index (χ0n) is 13.5. The number of hydrogen-bond acceptors (Lipinski definition) is 6. The van der Waals surface area contributed by atoms with Gasteiger partial charge in [-0.1, -0.05) is 30.3 Å². The number of nitrogens with two attached hydrogens (primary N) is 1. The Morgan fingerprint density at radius 3 is 2.68 bits per heavy atom. The predicted molar refractivity (Wildman–Crippen MR) is 92.1 cm³/mol. The Morgan fingerprint density at radius 1 is 1.32 bits per heavy atom. The summed E-state index contributed by atoms with van der Waals surface area (Å²) in [5.41, 5.74) is 7.84. The number of nitrogen functional groups attached to an aromatic ring is 1. The first-order valence-electron chi connectivity index (χ1n) is 7.61. The molecule has 0 spiro atoms. The second kappa shape index (κ2) is 6.59. The molecule has 0 aliphatic carbocycles. The summed E-state index contributed by atoms with van der Waals surface area (Å²) in [4.78, 5) is 21.0. The molecule has 3 aromatic rings. The molecule has 0 amide bonds. The number of aromatic nitrogens is 4. The van der Waals surface area contributed by atoms with Gasteiger partial charge in [-0.05, 0) is 6.92 Å². The summed E-state index contributed by atoms with van der Waals surface area (Å²) < 4.78 is 1.17. The Hall–Kier alpha value is -3.44. The van der Waals surface area contributed by atoms with Crippen molar-refractivity contribution in [3.05, 3.63) is 57.5 Å². The zero-order valence-corrected chi connectivity index (χ0v) is 13.5. The van der Waals surface area contributed by atoms with Gasteiger partial charge in [0.2, 0.25) is 0 Å². The molecular weight excluding hydrogens is 320 g/mol. The van der Waals surface area contributed by atoms with Gasteiger partial charge in [0.25, 0.3) is 11.5 Å². The topological polar surface area (TPSA) is 134 Å². The van der Waals surface area contributed by atoms with E-state index in [1.54, 1.807) is 19.1 Å². The minimum Gasteiger partial charge on any atom is -0.396 e. The van der Waals surface area contributed by atoms with Crippen molar-refractivity contribution in [2.24, 2.45) is 0 Å². The van der Waals surface area contributed by atoms with Crippen LogP contribution in [0.15, 0.2) is 35.1 Å². The van der Waals surface area contributed by atoms with Gasteiger partial charge in [-0.15, -0.1) is 0 Å². The van der Waals surface area contributed by atoms with Crippen LogP contribution in [0.3, 0.4) is 0 Å². The monoisotopic (exact) mass is 336 g/mol. The van der Waals surface area contributed by atoms with Gasteiger partial charge in [0.15, 0.2) is 0 Å². The van der Waals surface area contributed by atoms with Crippen molar-refractivity contribution in [3.63, 3.8) is 0 Å². The third kappa shape index (κ3) is 2.88. The molecule has 2 aromatic heterocycles. The van der Waals surface area contributed by atoms with Crippen LogP contribution in [-0.2, 0) is 6.42 Å². The summed E-state index contributed by atoms with van der Waals surface area (Å²) in [6, 6.07) is 11.1. The highest BCUT2D eigenvalue weighted by molar-refractivity contribution is 5.72. The SMILES string of the molecule is Cc1[nH]n(-c2nc(N)c(C#N)c(-c3ccccc3)n2)c(=O)c1CCO. The zero-order chi connectivity index (χ0) is 18.0. The molecule has 0 saturated carbocycles. The molecule has 1 aromatic carbocycles. The van der Waals surface area contributed by atoms with Crippen molar-refractivity contribution in [2.75, 3.05) is 12.3 Å². The van der Waals surface area contributed by atoms with Gasteiger partial charge in [0.1, 0.15) is 17.5 Å². The Balaban J connectivity index is 2.23. The van der Waals surface area contributed by atoms with Gasteiger partial charge < -0.3 is 10.8 Å². The lowest BCUT2D eigenvalue weighted by molar-refractivity contribution is 0.299. The molecule has 0 atom stereocenters. The number of nitrogens with zero attached hydrogens (tertiary/aromatic N) is 4. The molecular formula is C17H16N6O2. The van der Waals surface area contributed by atoms with Crippen LogP contribution in [0.25, 0.3) is 17.2 Å². The van der Waals surface area contributed by atoms with Crippen LogP contribution in [0.4, 0.5) is 5.82 Å². The van der Waals surface area contributed by atoms with Crippen LogP contribution in [0.5, 0.6) is 0 Å². The van der Waals surface area contributed by atoms with Gasteiger partial charge in [0, 0.05) is 29.8 Å². The summed E-state index contributed by atoms with van der Waals surface area (Å²) in [5.74, 6) is 0.0434. The molecule has 25 heavy (non-hydrogen) atoms. The van der Waals surface area contributed by atoms with Crippen LogP contribution in [0.1, 0.15) is 16.8 Å². The number of benzene rings is 1.